The fourth-order valence-corrected chi connectivity index (χ4v) is 15.3. The molecule has 5 amide bonds. The molecule has 5 aromatic heterocycles. The molecule has 2 aliphatic rings. The fourth-order valence-electron chi connectivity index (χ4n) is 15.3. The minimum Gasteiger partial charge on any atom is -0.426 e. The molecule has 45 heteroatoms. The van der Waals surface area contributed by atoms with E-state index >= 15 is 0 Å². The number of H-pyrrole nitrogens is 1. The van der Waals surface area contributed by atoms with E-state index in [1.54, 1.807) is 60.2 Å². The lowest BCUT2D eigenvalue weighted by Crippen LogP contribution is -2.25. The number of nitro groups is 5. The Labute approximate surface area is 783 Å². The molecule has 718 valence electrons. The van der Waals surface area contributed by atoms with Crippen LogP contribution in [-0.4, -0.2) is 155 Å². The van der Waals surface area contributed by atoms with E-state index in [1.165, 1.54) is 170 Å². The summed E-state index contributed by atoms with van der Waals surface area (Å²) < 4.78 is 66.5. The number of aliphatic hydroxyl groups is 4. The summed E-state index contributed by atoms with van der Waals surface area (Å²) in [4.78, 5) is 151. The largest absolute Gasteiger partial charge is 0.426 e. The molecule has 0 unspecified atom stereocenters. The van der Waals surface area contributed by atoms with Gasteiger partial charge in [0.1, 0.15) is 29.0 Å². The van der Waals surface area contributed by atoms with E-state index in [0.717, 1.165) is 37.8 Å². The van der Waals surface area contributed by atoms with Crippen LogP contribution < -0.4 is 31.3 Å². The third-order valence-corrected chi connectivity index (χ3v) is 22.3. The zero-order valence-corrected chi connectivity index (χ0v) is 74.1. The number of imidazole rings is 5. The number of fused-ring (bicyclic) bond motifs is 5. The van der Waals surface area contributed by atoms with Gasteiger partial charge in [0.2, 0.25) is 29.7 Å². The van der Waals surface area contributed by atoms with Crippen LogP contribution in [-0.2, 0) is 17.9 Å². The van der Waals surface area contributed by atoms with Gasteiger partial charge in [0.25, 0.3) is 58.0 Å². The molecule has 0 saturated heterocycles. The summed E-state index contributed by atoms with van der Waals surface area (Å²) in [6.45, 7) is 6.02. The number of hydrogen-bond acceptors (Lipinski definition) is 26. The topological polar surface area (TPSA) is 568 Å². The van der Waals surface area contributed by atoms with Gasteiger partial charge in [-0.1, -0.05) is 30.3 Å². The highest BCUT2D eigenvalue weighted by Crippen LogP contribution is 2.40. The van der Waals surface area contributed by atoms with E-state index in [1.807, 2.05) is 9.13 Å². The molecule has 17 rings (SSSR count). The number of aromatic amines is 1. The van der Waals surface area contributed by atoms with Gasteiger partial charge in [-0.25, -0.2) is 42.5 Å². The van der Waals surface area contributed by atoms with E-state index < -0.39 is 88.8 Å². The van der Waals surface area contributed by atoms with Crippen LogP contribution in [0.5, 0.6) is 5.75 Å². The van der Waals surface area contributed by atoms with Gasteiger partial charge in [-0.3, -0.25) is 106 Å². The highest BCUT2D eigenvalue weighted by molar-refractivity contribution is 6.08. The average molecular weight is 1910 g/mol. The third kappa shape index (κ3) is 24.9. The highest BCUT2D eigenvalue weighted by atomic mass is 19.1. The number of halogens is 4. The summed E-state index contributed by atoms with van der Waals surface area (Å²) >= 11 is 0. The highest BCUT2D eigenvalue weighted by Gasteiger charge is 2.31. The van der Waals surface area contributed by atoms with Crippen molar-refractivity contribution in [1.29, 1.82) is 0 Å². The summed E-state index contributed by atoms with van der Waals surface area (Å²) in [5, 5.41) is 105. The standard InChI is InChI=1S/C22H24N4O6.C21H21FN4O4.C20H19FN4O4.C17H15FN4O4.C14H9FN4O3/c1-22(2,3)20(29)32-16-8-9-18-17(13-16)23-21(25(18)10-5-11-27)24-19(28)14-6-4-7-15(12-14)26(30)31;22-15-6-9-19-18(11-15)23-21(25(19)16-7-4-13(12-27)5-8-16)24-20(28)14-2-1-3-17(10-14)26(29)30;21-13-4-9-18-17(11-13)22-20(24(18)14-5-7-16(26)8-6-14)23-19(27)12-2-1-3-15(10-12)25(28)29;18-12-5-6-15-14(10-12)19-17(21(15)7-2-8-23)20-16(24)11-3-1-4-13(9-11)22(25)26;15-9-4-5-11-12(7-9)17-14(16-11)18-13(20)8-2-1-3-10(6-8)19(21)22/h4,6-9,12-13,27H,5,10-11H2,1-3H3,(H,23,24,28);1-3,6,9-11,13,16,27H,4-5,7-8,12H2,(H,23,24,28);1-4,9-11,14,16,26H,5-8H2,(H,22,23,27);1,3-6,9-10,23H,2,7-8H2,(H,19,20,24);1-7H,(H2,16,17,18,20). The molecule has 0 spiro atoms. The number of aryl methyl sites for hydroxylation is 2. The second kappa shape index (κ2) is 44.4. The monoisotopic (exact) mass is 1910 g/mol. The number of anilines is 5. The number of nitrogens with zero attached hydrogens (tertiary/aromatic N) is 14. The van der Waals surface area contributed by atoms with Crippen molar-refractivity contribution in [2.24, 2.45) is 11.3 Å². The fraction of sp³-hybridized carbons (Fsp3) is 0.245. The zero-order chi connectivity index (χ0) is 99.6. The number of hydrogen-bond donors (Lipinski definition) is 10. The molecule has 10 aromatic carbocycles. The number of aliphatic hydroxyl groups excluding tert-OH is 4. The number of nitro benzene ring substituents is 5. The van der Waals surface area contributed by atoms with Gasteiger partial charge in [-0.15, -0.1) is 0 Å². The second-order valence-electron chi connectivity index (χ2n) is 33.0. The lowest BCUT2D eigenvalue weighted by atomic mass is 9.86. The van der Waals surface area contributed by atoms with Crippen molar-refractivity contribution in [1.82, 2.24) is 48.2 Å². The third-order valence-electron chi connectivity index (χ3n) is 22.3. The molecular formula is C94H88F4N20O21. The Hall–Kier alpha value is -17.1. The molecule has 0 atom stereocenters. The van der Waals surface area contributed by atoms with Gasteiger partial charge in [-0.2, -0.15) is 0 Å². The Morgan fingerprint density at radius 2 is 0.719 bits per heavy atom. The lowest BCUT2D eigenvalue weighted by molar-refractivity contribution is -0.385. The van der Waals surface area contributed by atoms with Gasteiger partial charge in [0.05, 0.1) is 91.3 Å². The Morgan fingerprint density at radius 3 is 1.09 bits per heavy atom. The number of non-ortho nitro benzene ring substituents is 5. The van der Waals surface area contributed by atoms with Crippen molar-refractivity contribution in [2.45, 2.75) is 116 Å². The Balaban J connectivity index is 0.000000147. The van der Waals surface area contributed by atoms with Gasteiger partial charge in [-0.05, 0) is 188 Å². The summed E-state index contributed by atoms with van der Waals surface area (Å²) in [7, 11) is 0. The molecule has 41 nitrogen and oxygen atoms in total. The number of nitrogens with one attached hydrogen (secondary N) is 6. The summed E-state index contributed by atoms with van der Waals surface area (Å²) in [5.74, 6) is -3.25. The van der Waals surface area contributed by atoms with Crippen LogP contribution in [0.2, 0.25) is 0 Å². The van der Waals surface area contributed by atoms with E-state index in [9.17, 15) is 112 Å². The molecule has 2 fully saturated rings. The smallest absolute Gasteiger partial charge is 0.316 e. The number of rotatable bonds is 25. The quantitative estimate of drug-likeness (QED) is 0.00835. The number of esters is 1. The van der Waals surface area contributed by atoms with Crippen molar-refractivity contribution in [3.63, 3.8) is 0 Å². The molecule has 0 bridgehead atoms. The Bertz CT molecular complexity index is 7200. The van der Waals surface area contributed by atoms with Crippen LogP contribution in [0.15, 0.2) is 212 Å². The zero-order valence-electron chi connectivity index (χ0n) is 74.1. The van der Waals surface area contributed by atoms with Gasteiger partial charge in [0.15, 0.2) is 0 Å². The summed E-state index contributed by atoms with van der Waals surface area (Å²) in [5.41, 5.74) is 4.26. The predicted molar refractivity (Wildman–Crippen MR) is 500 cm³/mol. The van der Waals surface area contributed by atoms with Crippen LogP contribution >= 0.6 is 0 Å². The second-order valence-corrected chi connectivity index (χ2v) is 33.0. The molecule has 15 aromatic rings. The normalized spacial score (nSPS) is 14.4. The molecule has 5 heterocycles. The first-order chi connectivity index (χ1) is 66.5. The SMILES string of the molecule is CC(C)(C)C(=O)Oc1ccc2c(c1)nc(NC(=O)c1cccc([N+](=O)[O-])c1)n2CCCO.O=C(Nc1nc2cc(F)ccc2n1C1CCC(CO)CC1)c1cccc([N+](=O)[O-])c1.O=C(Nc1nc2cc(F)ccc2n1C1CCC(O)CC1)c1cccc([N+](=O)[O-])c1.O=C(Nc1nc2cc(F)ccc2n1CCCO)c1cccc([N+](=O)[O-])c1.O=C(Nc1nc2ccc(F)cc2[nH]1)c1cccc([N+](=O)[O-])c1. The van der Waals surface area contributed by atoms with Gasteiger partial charge >= 0.3 is 5.97 Å². The van der Waals surface area contributed by atoms with Crippen LogP contribution in [0.3, 0.4) is 0 Å². The number of carbonyl (C=O) groups is 6. The van der Waals surface area contributed by atoms with E-state index in [-0.39, 0.29) is 130 Å². The maximum absolute atomic E-state index is 13.7. The first-order valence-electron chi connectivity index (χ1n) is 43.2. The van der Waals surface area contributed by atoms with Crippen molar-refractivity contribution in [3.05, 3.63) is 314 Å². The molecule has 2 aliphatic carbocycles. The average Bonchev–Trinajstić information content (AvgIpc) is 1.62. The Morgan fingerprint density at radius 1 is 0.396 bits per heavy atom. The minimum absolute atomic E-state index is 0.00530. The molecular weight excluding hydrogens is 1820 g/mol. The van der Waals surface area contributed by atoms with Gasteiger partial charge in [0, 0.05) is 158 Å². The number of ether oxygens (including phenoxy) is 1. The minimum atomic E-state index is -0.674. The predicted octanol–water partition coefficient (Wildman–Crippen LogP) is 17.0. The van der Waals surface area contributed by atoms with Crippen LogP contribution in [0.25, 0.3) is 55.2 Å². The van der Waals surface area contributed by atoms with Gasteiger partial charge < -0.3 is 48.4 Å². The molecule has 139 heavy (non-hydrogen) atoms. The van der Waals surface area contributed by atoms with Crippen LogP contribution in [0, 0.1) is 85.2 Å². The van der Waals surface area contributed by atoms with E-state index in [0.29, 0.717) is 113 Å². The first kappa shape index (κ1) is 99.4. The lowest BCUT2D eigenvalue weighted by Gasteiger charge is -2.29. The molecule has 2 saturated carbocycles. The number of aromatic nitrogens is 10. The van der Waals surface area contributed by atoms with Crippen LogP contribution in [0.4, 0.5) is 75.7 Å². The number of carbonyl (C=O) groups excluding carboxylic acids is 6. The molecule has 10 N–H and O–H groups in total. The summed E-state index contributed by atoms with van der Waals surface area (Å²) in [6.07, 6.45) is 6.44. The number of amides is 5. The molecule has 0 radical (unpaired) electrons. The Kier molecular flexibility index (Phi) is 31.8. The van der Waals surface area contributed by atoms with Crippen molar-refractivity contribution in [2.75, 3.05) is 46.4 Å². The first-order valence-corrected chi connectivity index (χ1v) is 43.2. The molecule has 0 aliphatic heterocycles. The van der Waals surface area contributed by atoms with E-state index in [4.69, 9.17) is 9.84 Å². The number of benzene rings is 10. The maximum Gasteiger partial charge on any atom is 0.316 e. The maximum atomic E-state index is 13.7. The summed E-state index contributed by atoms with van der Waals surface area (Å²) in [6, 6.07) is 48.5. The van der Waals surface area contributed by atoms with Crippen molar-refractivity contribution >= 4 is 149 Å². The van der Waals surface area contributed by atoms with Crippen molar-refractivity contribution in [3.8, 4) is 5.75 Å². The van der Waals surface area contributed by atoms with E-state index in [2.05, 4.69) is 56.5 Å². The van der Waals surface area contributed by atoms with Crippen LogP contribution in [0.1, 0.15) is 149 Å². The van der Waals surface area contributed by atoms with Crippen molar-refractivity contribution < 1.29 is 96.1 Å².